The SMILES string of the molecule is O=C(Nc1ccon1)c1cc(Br)c(Br)s1. The second kappa shape index (κ2) is 4.46. The molecule has 0 saturated carbocycles. The third-order valence-electron chi connectivity index (χ3n) is 1.55. The normalized spacial score (nSPS) is 10.3. The second-order valence-electron chi connectivity index (χ2n) is 2.57. The fraction of sp³-hybridized carbons (Fsp3) is 0. The second-order valence-corrected chi connectivity index (χ2v) is 5.80. The van der Waals surface area contributed by atoms with Gasteiger partial charge in [0.05, 0.1) is 8.66 Å². The third kappa shape index (κ3) is 2.47. The lowest BCUT2D eigenvalue weighted by Gasteiger charge is -1.96. The van der Waals surface area contributed by atoms with Gasteiger partial charge in [-0.2, -0.15) is 0 Å². The number of carbonyl (C=O) groups excluding carboxylic acids is 1. The van der Waals surface area contributed by atoms with E-state index in [4.69, 9.17) is 0 Å². The van der Waals surface area contributed by atoms with Crippen LogP contribution in [-0.2, 0) is 0 Å². The van der Waals surface area contributed by atoms with E-state index in [1.807, 2.05) is 0 Å². The van der Waals surface area contributed by atoms with Gasteiger partial charge in [0.1, 0.15) is 6.26 Å². The first-order chi connectivity index (χ1) is 7.16. The van der Waals surface area contributed by atoms with Gasteiger partial charge in [-0.05, 0) is 37.9 Å². The van der Waals surface area contributed by atoms with Gasteiger partial charge in [-0.25, -0.2) is 0 Å². The lowest BCUT2D eigenvalue weighted by Crippen LogP contribution is -2.10. The van der Waals surface area contributed by atoms with Gasteiger partial charge in [0.15, 0.2) is 5.82 Å². The number of nitrogens with one attached hydrogen (secondary N) is 1. The molecule has 1 amide bonds. The Labute approximate surface area is 106 Å². The van der Waals surface area contributed by atoms with Gasteiger partial charge in [0, 0.05) is 10.5 Å². The highest BCUT2D eigenvalue weighted by molar-refractivity contribution is 9.13. The van der Waals surface area contributed by atoms with Crippen molar-refractivity contribution in [1.29, 1.82) is 0 Å². The van der Waals surface area contributed by atoms with Crippen LogP contribution in [0.2, 0.25) is 0 Å². The van der Waals surface area contributed by atoms with E-state index in [0.29, 0.717) is 10.7 Å². The van der Waals surface area contributed by atoms with Gasteiger partial charge >= 0.3 is 0 Å². The molecule has 1 N–H and O–H groups in total. The number of rotatable bonds is 2. The van der Waals surface area contributed by atoms with Crippen molar-refractivity contribution >= 4 is 54.9 Å². The summed E-state index contributed by atoms with van der Waals surface area (Å²) in [7, 11) is 0. The summed E-state index contributed by atoms with van der Waals surface area (Å²) in [5, 5.41) is 6.19. The van der Waals surface area contributed by atoms with Crippen LogP contribution >= 0.6 is 43.2 Å². The van der Waals surface area contributed by atoms with Crippen LogP contribution in [0.1, 0.15) is 9.67 Å². The summed E-state index contributed by atoms with van der Waals surface area (Å²) >= 11 is 7.98. The molecule has 4 nitrogen and oxygen atoms in total. The van der Waals surface area contributed by atoms with Gasteiger partial charge in [-0.1, -0.05) is 5.16 Å². The van der Waals surface area contributed by atoms with Crippen LogP contribution in [-0.4, -0.2) is 11.1 Å². The molecular weight excluding hydrogens is 348 g/mol. The molecule has 0 aliphatic rings. The molecule has 0 fully saturated rings. The number of halogens is 2. The smallest absolute Gasteiger partial charge is 0.267 e. The number of nitrogens with zero attached hydrogens (tertiary/aromatic N) is 1. The zero-order valence-corrected chi connectivity index (χ0v) is 11.1. The van der Waals surface area contributed by atoms with Crippen LogP contribution in [0.4, 0.5) is 5.82 Å². The molecule has 0 bridgehead atoms. The molecule has 2 rings (SSSR count). The molecule has 2 aromatic rings. The van der Waals surface area contributed by atoms with E-state index in [1.165, 1.54) is 17.6 Å². The first-order valence-electron chi connectivity index (χ1n) is 3.83. The van der Waals surface area contributed by atoms with Gasteiger partial charge in [0.25, 0.3) is 5.91 Å². The Morgan fingerprint density at radius 3 is 2.87 bits per heavy atom. The van der Waals surface area contributed by atoms with Crippen LogP contribution in [0.25, 0.3) is 0 Å². The van der Waals surface area contributed by atoms with Crippen molar-refractivity contribution in [2.75, 3.05) is 5.32 Å². The summed E-state index contributed by atoms with van der Waals surface area (Å²) in [5.74, 6) is 0.195. The molecule has 0 atom stereocenters. The maximum atomic E-state index is 11.7. The van der Waals surface area contributed by atoms with Crippen molar-refractivity contribution in [2.24, 2.45) is 0 Å². The number of aromatic nitrogens is 1. The number of hydrogen-bond acceptors (Lipinski definition) is 4. The average Bonchev–Trinajstić information content (AvgIpc) is 2.78. The van der Waals surface area contributed by atoms with Crippen LogP contribution < -0.4 is 5.32 Å². The van der Waals surface area contributed by atoms with E-state index in [-0.39, 0.29) is 5.91 Å². The fourth-order valence-corrected chi connectivity index (χ4v) is 2.84. The monoisotopic (exact) mass is 350 g/mol. The number of amides is 1. The van der Waals surface area contributed by atoms with E-state index in [1.54, 1.807) is 12.1 Å². The molecular formula is C8H4Br2N2O2S. The van der Waals surface area contributed by atoms with Crippen LogP contribution in [0.3, 0.4) is 0 Å². The fourth-order valence-electron chi connectivity index (χ4n) is 0.913. The molecule has 78 valence electrons. The predicted molar refractivity (Wildman–Crippen MR) is 64.2 cm³/mol. The summed E-state index contributed by atoms with van der Waals surface area (Å²) < 4.78 is 6.34. The van der Waals surface area contributed by atoms with Crippen molar-refractivity contribution in [3.63, 3.8) is 0 Å². The van der Waals surface area contributed by atoms with Crippen LogP contribution in [0.15, 0.2) is 31.2 Å². The Hall–Kier alpha value is -0.660. The van der Waals surface area contributed by atoms with Gasteiger partial charge in [0.2, 0.25) is 0 Å². The highest BCUT2D eigenvalue weighted by Gasteiger charge is 2.12. The van der Waals surface area contributed by atoms with Crippen LogP contribution in [0.5, 0.6) is 0 Å². The van der Waals surface area contributed by atoms with Gasteiger partial charge in [-0.3, -0.25) is 4.79 Å². The minimum absolute atomic E-state index is 0.208. The van der Waals surface area contributed by atoms with E-state index in [9.17, 15) is 4.79 Å². The molecule has 2 heterocycles. The van der Waals surface area contributed by atoms with Crippen molar-refractivity contribution in [1.82, 2.24) is 5.16 Å². The molecule has 0 spiro atoms. The molecule has 0 aliphatic carbocycles. The van der Waals surface area contributed by atoms with Crippen molar-refractivity contribution in [2.45, 2.75) is 0 Å². The molecule has 7 heteroatoms. The Morgan fingerprint density at radius 1 is 1.53 bits per heavy atom. The van der Waals surface area contributed by atoms with E-state index >= 15 is 0 Å². The molecule has 0 aromatic carbocycles. The molecule has 2 aromatic heterocycles. The lowest BCUT2D eigenvalue weighted by molar-refractivity contribution is 0.102. The summed E-state index contributed by atoms with van der Waals surface area (Å²) in [6, 6.07) is 3.32. The first kappa shape index (κ1) is 10.8. The number of anilines is 1. The minimum Gasteiger partial charge on any atom is -0.363 e. The maximum Gasteiger partial charge on any atom is 0.267 e. The van der Waals surface area contributed by atoms with E-state index in [2.05, 4.69) is 46.9 Å². The highest BCUT2D eigenvalue weighted by atomic mass is 79.9. The minimum atomic E-state index is -0.208. The molecule has 15 heavy (non-hydrogen) atoms. The summed E-state index contributed by atoms with van der Waals surface area (Å²) in [5.41, 5.74) is 0. The maximum absolute atomic E-state index is 11.7. The predicted octanol–water partition coefficient (Wildman–Crippen LogP) is 3.51. The lowest BCUT2D eigenvalue weighted by atomic mass is 10.4. The first-order valence-corrected chi connectivity index (χ1v) is 6.23. The van der Waals surface area contributed by atoms with Crippen molar-refractivity contribution < 1.29 is 9.32 Å². The van der Waals surface area contributed by atoms with Gasteiger partial charge in [-0.15, -0.1) is 11.3 Å². The Bertz CT molecular complexity index is 461. The zero-order chi connectivity index (χ0) is 10.8. The van der Waals surface area contributed by atoms with Crippen LogP contribution in [0, 0.1) is 0 Å². The Morgan fingerprint density at radius 2 is 2.33 bits per heavy atom. The third-order valence-corrected chi connectivity index (χ3v) is 4.80. The number of thiophene rings is 1. The van der Waals surface area contributed by atoms with Crippen molar-refractivity contribution in [3.05, 3.63) is 31.5 Å². The summed E-state index contributed by atoms with van der Waals surface area (Å²) in [6.45, 7) is 0. The standard InChI is InChI=1S/C8H4Br2N2O2S/c9-4-3-5(15-7(4)10)8(13)11-6-1-2-14-12-6/h1-3H,(H,11,12,13). The number of hydrogen-bond donors (Lipinski definition) is 1. The van der Waals surface area contributed by atoms with Gasteiger partial charge < -0.3 is 9.84 Å². The van der Waals surface area contributed by atoms with E-state index < -0.39 is 0 Å². The van der Waals surface area contributed by atoms with E-state index in [0.717, 1.165) is 8.26 Å². The largest absolute Gasteiger partial charge is 0.363 e. The quantitative estimate of drug-likeness (QED) is 0.900. The van der Waals surface area contributed by atoms with Crippen molar-refractivity contribution in [3.8, 4) is 0 Å². The summed E-state index contributed by atoms with van der Waals surface area (Å²) in [4.78, 5) is 12.2. The summed E-state index contributed by atoms with van der Waals surface area (Å²) in [6.07, 6.45) is 1.40. The average molecular weight is 352 g/mol. The molecule has 0 radical (unpaired) electrons. The topological polar surface area (TPSA) is 55.1 Å². The molecule has 0 aliphatic heterocycles. The zero-order valence-electron chi connectivity index (χ0n) is 7.16. The Balaban J connectivity index is 2.15. The molecule has 0 unspecified atom stereocenters. The number of carbonyl (C=O) groups is 1. The molecule has 0 saturated heterocycles. The Kier molecular flexibility index (Phi) is 3.22. The highest BCUT2D eigenvalue weighted by Crippen LogP contribution is 2.32.